The fourth-order valence-electron chi connectivity index (χ4n) is 4.74. The molecular formula is C19H24N6O4. The number of nitrogens with zero attached hydrogens (tertiary/aromatic N) is 5. The molecule has 2 aromatic heterocycles. The highest BCUT2D eigenvalue weighted by atomic mass is 16.6. The number of aromatic nitrogens is 4. The van der Waals surface area contributed by atoms with Gasteiger partial charge in [-0.15, -0.1) is 0 Å². The SMILES string of the molecule is CN1CC2(CCCN(C(=O)Cc3nc4nc5c(c(=O)n4[nH]3)CCCC5)C2)OC1=O. The highest BCUT2D eigenvalue weighted by Crippen LogP contribution is 2.31. The Bertz CT molecular complexity index is 1060. The van der Waals surface area contributed by atoms with Crippen molar-refractivity contribution in [3.05, 3.63) is 27.4 Å². The molecule has 0 saturated carbocycles. The van der Waals surface area contributed by atoms with Crippen molar-refractivity contribution in [2.75, 3.05) is 26.7 Å². The summed E-state index contributed by atoms with van der Waals surface area (Å²) in [7, 11) is 1.70. The van der Waals surface area contributed by atoms with Crippen LogP contribution in [0.1, 0.15) is 42.8 Å². The number of aromatic amines is 1. The zero-order chi connectivity index (χ0) is 20.2. The van der Waals surface area contributed by atoms with E-state index in [2.05, 4.69) is 15.1 Å². The monoisotopic (exact) mass is 400 g/mol. The number of likely N-dealkylation sites (tertiary alicyclic amines) is 1. The molecule has 2 aromatic rings. The van der Waals surface area contributed by atoms with E-state index in [0.29, 0.717) is 31.2 Å². The predicted molar refractivity (Wildman–Crippen MR) is 102 cm³/mol. The third-order valence-electron chi connectivity index (χ3n) is 6.16. The first-order valence-corrected chi connectivity index (χ1v) is 10.2. The first kappa shape index (κ1) is 18.1. The number of aryl methyl sites for hydroxylation is 1. The van der Waals surface area contributed by atoms with E-state index in [4.69, 9.17) is 4.74 Å². The first-order chi connectivity index (χ1) is 13.9. The molecule has 1 atom stereocenters. The molecule has 10 heteroatoms. The largest absolute Gasteiger partial charge is 0.439 e. The molecule has 3 aliphatic rings. The number of carbonyl (C=O) groups is 2. The lowest BCUT2D eigenvalue weighted by atomic mass is 9.92. The van der Waals surface area contributed by atoms with Crippen LogP contribution in [0.15, 0.2) is 4.79 Å². The van der Waals surface area contributed by atoms with Gasteiger partial charge in [-0.3, -0.25) is 14.7 Å². The van der Waals surface area contributed by atoms with E-state index in [1.54, 1.807) is 16.8 Å². The van der Waals surface area contributed by atoms with Crippen molar-refractivity contribution in [1.82, 2.24) is 29.4 Å². The maximum Gasteiger partial charge on any atom is 0.410 e. The van der Waals surface area contributed by atoms with Gasteiger partial charge < -0.3 is 14.5 Å². The number of H-pyrrole nitrogens is 1. The topological polar surface area (TPSA) is 113 Å². The van der Waals surface area contributed by atoms with Crippen molar-refractivity contribution in [2.45, 2.75) is 50.5 Å². The van der Waals surface area contributed by atoms with Gasteiger partial charge >= 0.3 is 6.09 Å². The fraction of sp³-hybridized carbons (Fsp3) is 0.632. The van der Waals surface area contributed by atoms with E-state index < -0.39 is 5.60 Å². The van der Waals surface area contributed by atoms with E-state index in [1.807, 2.05) is 0 Å². The Hall–Kier alpha value is -2.91. The minimum atomic E-state index is -0.620. The van der Waals surface area contributed by atoms with Crippen molar-refractivity contribution < 1.29 is 14.3 Å². The van der Waals surface area contributed by atoms with Crippen molar-refractivity contribution in [3.8, 4) is 0 Å². The molecule has 1 unspecified atom stereocenters. The third-order valence-corrected chi connectivity index (χ3v) is 6.16. The standard InChI is InChI=1S/C19H24N6O4/c1-23-10-19(29-18(23)28)7-4-8-24(11-19)15(26)9-14-21-17-20-13-6-3-2-5-12(13)16(27)25(17)22-14/h2-11H2,1H3,(H,20,21,22). The van der Waals surface area contributed by atoms with Gasteiger partial charge in [0, 0.05) is 19.2 Å². The Labute approximate surface area is 166 Å². The van der Waals surface area contributed by atoms with Gasteiger partial charge in [-0.05, 0) is 38.5 Å². The Morgan fingerprint density at radius 2 is 2.00 bits per heavy atom. The van der Waals surface area contributed by atoms with Crippen LogP contribution in [0, 0.1) is 0 Å². The van der Waals surface area contributed by atoms with Crippen molar-refractivity contribution in [1.29, 1.82) is 0 Å². The molecule has 0 bridgehead atoms. The molecule has 2 saturated heterocycles. The van der Waals surface area contributed by atoms with Crippen LogP contribution < -0.4 is 5.56 Å². The molecule has 5 rings (SSSR count). The van der Waals surface area contributed by atoms with Crippen LogP contribution in [0.5, 0.6) is 0 Å². The van der Waals surface area contributed by atoms with E-state index in [9.17, 15) is 14.4 Å². The van der Waals surface area contributed by atoms with Gasteiger partial charge in [-0.2, -0.15) is 9.50 Å². The average molecular weight is 400 g/mol. The number of likely N-dealkylation sites (N-methyl/N-ethyl adjacent to an activating group) is 1. The van der Waals surface area contributed by atoms with Crippen molar-refractivity contribution >= 4 is 17.8 Å². The van der Waals surface area contributed by atoms with Crippen LogP contribution in [0.4, 0.5) is 4.79 Å². The summed E-state index contributed by atoms with van der Waals surface area (Å²) >= 11 is 0. The Balaban J connectivity index is 1.35. The number of piperidine rings is 1. The normalized spacial score (nSPS) is 24.2. The summed E-state index contributed by atoms with van der Waals surface area (Å²) in [5.41, 5.74) is 0.843. The number of nitrogens with one attached hydrogen (secondary N) is 1. The minimum Gasteiger partial charge on any atom is -0.439 e. The molecular weight excluding hydrogens is 376 g/mol. The van der Waals surface area contributed by atoms with Crippen LogP contribution in [0.3, 0.4) is 0 Å². The highest BCUT2D eigenvalue weighted by molar-refractivity contribution is 5.78. The fourth-order valence-corrected chi connectivity index (χ4v) is 4.74. The molecule has 1 spiro atoms. The van der Waals surface area contributed by atoms with E-state index in [-0.39, 0.29) is 24.0 Å². The van der Waals surface area contributed by atoms with Crippen LogP contribution in [0.2, 0.25) is 0 Å². The molecule has 2 fully saturated rings. The molecule has 29 heavy (non-hydrogen) atoms. The van der Waals surface area contributed by atoms with Gasteiger partial charge in [0.15, 0.2) is 0 Å². The Morgan fingerprint density at radius 1 is 1.17 bits per heavy atom. The summed E-state index contributed by atoms with van der Waals surface area (Å²) in [5, 5.41) is 2.95. The second-order valence-corrected chi connectivity index (χ2v) is 8.36. The molecule has 0 radical (unpaired) electrons. The number of fused-ring (bicyclic) bond motifs is 2. The summed E-state index contributed by atoms with van der Waals surface area (Å²) in [6.45, 7) is 1.49. The van der Waals surface area contributed by atoms with Crippen molar-refractivity contribution in [2.24, 2.45) is 0 Å². The highest BCUT2D eigenvalue weighted by Gasteiger charge is 2.47. The van der Waals surface area contributed by atoms with Gasteiger partial charge in [0.2, 0.25) is 5.91 Å². The number of ether oxygens (including phenoxy) is 1. The van der Waals surface area contributed by atoms with Crippen LogP contribution in [-0.4, -0.2) is 73.7 Å². The predicted octanol–water partition coefficient (Wildman–Crippen LogP) is 0.282. The quantitative estimate of drug-likeness (QED) is 0.775. The second-order valence-electron chi connectivity index (χ2n) is 8.36. The molecule has 4 heterocycles. The molecule has 2 aliphatic heterocycles. The maximum atomic E-state index is 12.9. The van der Waals surface area contributed by atoms with Gasteiger partial charge in [0.05, 0.1) is 25.2 Å². The molecule has 154 valence electrons. The van der Waals surface area contributed by atoms with E-state index in [0.717, 1.165) is 49.8 Å². The summed E-state index contributed by atoms with van der Waals surface area (Å²) in [6, 6.07) is 0. The average Bonchev–Trinajstić information content (AvgIpc) is 3.22. The molecule has 1 N–H and O–H groups in total. The smallest absolute Gasteiger partial charge is 0.410 e. The van der Waals surface area contributed by atoms with Gasteiger partial charge in [-0.25, -0.2) is 9.78 Å². The van der Waals surface area contributed by atoms with Crippen LogP contribution >= 0.6 is 0 Å². The lowest BCUT2D eigenvalue weighted by Gasteiger charge is -2.38. The van der Waals surface area contributed by atoms with Crippen molar-refractivity contribution in [3.63, 3.8) is 0 Å². The number of rotatable bonds is 2. The summed E-state index contributed by atoms with van der Waals surface area (Å²) < 4.78 is 6.91. The number of hydrogen-bond donors (Lipinski definition) is 1. The third kappa shape index (κ3) is 3.06. The molecule has 2 amide bonds. The van der Waals surface area contributed by atoms with E-state index in [1.165, 1.54) is 4.52 Å². The van der Waals surface area contributed by atoms with Crippen LogP contribution in [-0.2, 0) is 28.8 Å². The lowest BCUT2D eigenvalue weighted by Crippen LogP contribution is -2.52. The summed E-state index contributed by atoms with van der Waals surface area (Å²) in [4.78, 5) is 49.6. The second kappa shape index (κ2) is 6.57. The molecule has 0 aromatic carbocycles. The minimum absolute atomic E-state index is 0.0489. The zero-order valence-electron chi connectivity index (χ0n) is 16.4. The number of amides is 2. The van der Waals surface area contributed by atoms with Gasteiger partial charge in [0.25, 0.3) is 11.3 Å². The number of hydrogen-bond acceptors (Lipinski definition) is 6. The number of carbonyl (C=O) groups excluding carboxylic acids is 2. The Kier molecular flexibility index (Phi) is 4.11. The maximum absolute atomic E-state index is 12.9. The Morgan fingerprint density at radius 3 is 2.79 bits per heavy atom. The first-order valence-electron chi connectivity index (χ1n) is 10.2. The molecule has 10 nitrogen and oxygen atoms in total. The molecule has 1 aliphatic carbocycles. The van der Waals surface area contributed by atoms with E-state index >= 15 is 0 Å². The van der Waals surface area contributed by atoms with Gasteiger partial charge in [-0.1, -0.05) is 0 Å². The summed E-state index contributed by atoms with van der Waals surface area (Å²) in [6.07, 6.45) is 4.79. The van der Waals surface area contributed by atoms with Gasteiger partial charge in [0.1, 0.15) is 11.4 Å². The zero-order valence-corrected chi connectivity index (χ0v) is 16.4. The summed E-state index contributed by atoms with van der Waals surface area (Å²) in [5.74, 6) is 0.633. The van der Waals surface area contributed by atoms with Crippen LogP contribution in [0.25, 0.3) is 5.78 Å². The lowest BCUT2D eigenvalue weighted by molar-refractivity contribution is -0.136.